The van der Waals surface area contributed by atoms with Crippen LogP contribution in [-0.4, -0.2) is 48.1 Å². The van der Waals surface area contributed by atoms with Crippen LogP contribution in [-0.2, 0) is 19.1 Å². The quantitative estimate of drug-likeness (QED) is 0.791. The number of esters is 2. The molecule has 3 atom stereocenters. The normalized spacial score (nSPS) is 22.6. The topological polar surface area (TPSA) is 71.6 Å². The van der Waals surface area contributed by atoms with Crippen LogP contribution in [0.15, 0.2) is 42.7 Å². The van der Waals surface area contributed by atoms with Crippen LogP contribution in [0.25, 0.3) is 11.1 Å². The lowest BCUT2D eigenvalue weighted by Gasteiger charge is -2.25. The molecule has 1 saturated heterocycles. The molecule has 144 valence electrons. The molecule has 1 aliphatic heterocycles. The highest BCUT2D eigenvalue weighted by Crippen LogP contribution is 2.43. The first-order chi connectivity index (χ1) is 13.1. The predicted octanol–water partition coefficient (Wildman–Crippen LogP) is 3.17. The van der Waals surface area contributed by atoms with Gasteiger partial charge in [-0.15, -0.1) is 0 Å². The van der Waals surface area contributed by atoms with Crippen molar-refractivity contribution < 1.29 is 19.1 Å². The third kappa shape index (κ3) is 3.76. The Morgan fingerprint density at radius 2 is 1.74 bits per heavy atom. The van der Waals surface area contributed by atoms with E-state index in [2.05, 4.69) is 4.98 Å². The van der Waals surface area contributed by atoms with E-state index >= 15 is 0 Å². The summed E-state index contributed by atoms with van der Waals surface area (Å²) in [7, 11) is 1.87. The third-order valence-corrected chi connectivity index (χ3v) is 5.13. The Labute approximate surface area is 159 Å². The highest BCUT2D eigenvalue weighted by molar-refractivity contribution is 5.86. The maximum absolute atomic E-state index is 12.6. The lowest BCUT2D eigenvalue weighted by atomic mass is 9.94. The van der Waals surface area contributed by atoms with Gasteiger partial charge in [-0.1, -0.05) is 30.3 Å². The summed E-state index contributed by atoms with van der Waals surface area (Å²) >= 11 is 0. The Balaban J connectivity index is 1.94. The average Bonchev–Trinajstić information content (AvgIpc) is 3.27. The van der Waals surface area contributed by atoms with Crippen molar-refractivity contribution >= 4 is 11.9 Å². The van der Waals surface area contributed by atoms with Gasteiger partial charge in [0.2, 0.25) is 0 Å². The first-order valence-corrected chi connectivity index (χ1v) is 9.35. The monoisotopic (exact) mass is 370 g/mol. The van der Waals surface area contributed by atoms with E-state index in [9.17, 15) is 9.59 Å². The molecule has 3 rings (SSSR count). The largest absolute Gasteiger partial charge is 0.466 e. The van der Waals surface area contributed by atoms with Crippen molar-refractivity contribution in [2.75, 3.05) is 20.3 Å². The number of likely N-dealkylation sites (N-methyl/N-ethyl adjacent to an activating group) is 1. The predicted molar refractivity (Wildman–Crippen MR) is 102 cm³/mol. The van der Waals surface area contributed by atoms with Crippen LogP contribution in [0.4, 0.5) is 0 Å². The van der Waals surface area contributed by atoms with Gasteiger partial charge in [-0.3, -0.25) is 14.5 Å². The van der Waals surface area contributed by atoms with Crippen LogP contribution in [0, 0.1) is 5.92 Å². The number of hydrogen-bond donors (Lipinski definition) is 1. The molecule has 1 aromatic heterocycles. The molecule has 6 nitrogen and oxygen atoms in total. The van der Waals surface area contributed by atoms with Gasteiger partial charge in [0, 0.05) is 24.0 Å². The number of aromatic nitrogens is 1. The second-order valence-corrected chi connectivity index (χ2v) is 6.66. The molecule has 1 aromatic carbocycles. The van der Waals surface area contributed by atoms with Gasteiger partial charge < -0.3 is 14.5 Å². The molecule has 0 saturated carbocycles. The molecule has 1 N–H and O–H groups in total. The fourth-order valence-electron chi connectivity index (χ4n) is 3.91. The summed E-state index contributed by atoms with van der Waals surface area (Å²) in [5.74, 6) is -1.27. The molecule has 1 fully saturated rings. The van der Waals surface area contributed by atoms with E-state index in [-0.39, 0.29) is 24.6 Å². The fourth-order valence-corrected chi connectivity index (χ4v) is 3.91. The van der Waals surface area contributed by atoms with Gasteiger partial charge in [0.25, 0.3) is 0 Å². The van der Waals surface area contributed by atoms with Crippen LogP contribution in [0.3, 0.4) is 0 Å². The zero-order chi connectivity index (χ0) is 19.4. The number of hydrogen-bond acceptors (Lipinski definition) is 5. The molecule has 2 aromatic rings. The minimum Gasteiger partial charge on any atom is -0.466 e. The Kier molecular flexibility index (Phi) is 5.96. The van der Waals surface area contributed by atoms with Crippen LogP contribution in [0.1, 0.15) is 31.9 Å². The lowest BCUT2D eigenvalue weighted by Crippen LogP contribution is -2.42. The maximum atomic E-state index is 12.6. The van der Waals surface area contributed by atoms with E-state index in [0.717, 1.165) is 16.7 Å². The van der Waals surface area contributed by atoms with E-state index in [0.29, 0.717) is 13.0 Å². The second-order valence-electron chi connectivity index (χ2n) is 6.66. The summed E-state index contributed by atoms with van der Waals surface area (Å²) in [6.45, 7) is 4.11. The highest BCUT2D eigenvalue weighted by atomic mass is 16.5. The number of likely N-dealkylation sites (tertiary alicyclic amines) is 1. The first kappa shape index (κ1) is 19.2. The molecule has 0 radical (unpaired) electrons. The molecule has 0 unspecified atom stereocenters. The number of aromatic amines is 1. The molecule has 0 amide bonds. The molecule has 1 aliphatic rings. The Morgan fingerprint density at radius 3 is 2.41 bits per heavy atom. The SMILES string of the molecule is CCOC(=O)[C@@H]1C[C@@H](c2c[nH]cc2-c2ccccc2)N(C)[C@H]1C(=O)OCC. The van der Waals surface area contributed by atoms with Gasteiger partial charge in [0.05, 0.1) is 19.1 Å². The average molecular weight is 370 g/mol. The summed E-state index contributed by atoms with van der Waals surface area (Å²) in [6.07, 6.45) is 4.41. The fraction of sp³-hybridized carbons (Fsp3) is 0.429. The number of benzene rings is 1. The van der Waals surface area contributed by atoms with E-state index in [1.807, 2.05) is 54.7 Å². The molecule has 0 aliphatic carbocycles. The lowest BCUT2D eigenvalue weighted by molar-refractivity contribution is -0.158. The number of ether oxygens (including phenoxy) is 2. The van der Waals surface area contributed by atoms with Crippen molar-refractivity contribution in [2.45, 2.75) is 32.4 Å². The number of H-pyrrole nitrogens is 1. The smallest absolute Gasteiger partial charge is 0.324 e. The summed E-state index contributed by atoms with van der Waals surface area (Å²) in [5, 5.41) is 0. The summed E-state index contributed by atoms with van der Waals surface area (Å²) in [5.41, 5.74) is 3.22. The van der Waals surface area contributed by atoms with Crippen molar-refractivity contribution in [1.29, 1.82) is 0 Å². The van der Waals surface area contributed by atoms with Crippen molar-refractivity contribution in [3.05, 3.63) is 48.3 Å². The Morgan fingerprint density at radius 1 is 1.07 bits per heavy atom. The number of rotatable bonds is 6. The van der Waals surface area contributed by atoms with Gasteiger partial charge in [-0.2, -0.15) is 0 Å². The van der Waals surface area contributed by atoms with E-state index in [1.54, 1.807) is 13.8 Å². The summed E-state index contributed by atoms with van der Waals surface area (Å²) in [4.78, 5) is 30.2. The Hall–Kier alpha value is -2.60. The molecule has 0 bridgehead atoms. The van der Waals surface area contributed by atoms with E-state index in [4.69, 9.17) is 9.47 Å². The van der Waals surface area contributed by atoms with Crippen LogP contribution in [0.2, 0.25) is 0 Å². The minimum atomic E-state index is -0.646. The number of nitrogens with one attached hydrogen (secondary N) is 1. The zero-order valence-corrected chi connectivity index (χ0v) is 16.0. The van der Waals surface area contributed by atoms with Gasteiger partial charge >= 0.3 is 11.9 Å². The summed E-state index contributed by atoms with van der Waals surface area (Å²) < 4.78 is 10.5. The number of nitrogens with zero attached hydrogens (tertiary/aromatic N) is 1. The molecule has 27 heavy (non-hydrogen) atoms. The van der Waals surface area contributed by atoms with Crippen LogP contribution >= 0.6 is 0 Å². The number of carbonyl (C=O) groups excluding carboxylic acids is 2. The maximum Gasteiger partial charge on any atom is 0.324 e. The van der Waals surface area contributed by atoms with Gasteiger partial charge in [0.15, 0.2) is 0 Å². The molecule has 6 heteroatoms. The van der Waals surface area contributed by atoms with Crippen molar-refractivity contribution in [3.8, 4) is 11.1 Å². The molecule has 0 spiro atoms. The van der Waals surface area contributed by atoms with Gasteiger partial charge in [-0.05, 0) is 38.4 Å². The first-order valence-electron chi connectivity index (χ1n) is 9.35. The third-order valence-electron chi connectivity index (χ3n) is 5.13. The Bertz CT molecular complexity index is 786. The van der Waals surface area contributed by atoms with E-state index < -0.39 is 12.0 Å². The minimum absolute atomic E-state index is 0.0877. The number of carbonyl (C=O) groups is 2. The highest BCUT2D eigenvalue weighted by Gasteiger charge is 2.49. The summed E-state index contributed by atoms with van der Waals surface area (Å²) in [6, 6.07) is 9.33. The van der Waals surface area contributed by atoms with Gasteiger partial charge in [0.1, 0.15) is 6.04 Å². The second kappa shape index (κ2) is 8.39. The zero-order valence-electron chi connectivity index (χ0n) is 16.0. The van der Waals surface area contributed by atoms with Crippen molar-refractivity contribution in [1.82, 2.24) is 9.88 Å². The van der Waals surface area contributed by atoms with Crippen LogP contribution < -0.4 is 0 Å². The standard InChI is InChI=1S/C21H26N2O4/c1-4-26-20(24)15-11-18(23(3)19(15)21(25)27-5-2)17-13-22-12-16(17)14-9-7-6-8-10-14/h6-10,12-13,15,18-19,22H,4-5,11H2,1-3H3/t15-,18+,19-/m1/s1. The molecule has 2 heterocycles. The van der Waals surface area contributed by atoms with Crippen molar-refractivity contribution in [3.63, 3.8) is 0 Å². The molecular weight excluding hydrogens is 344 g/mol. The van der Waals surface area contributed by atoms with Crippen LogP contribution in [0.5, 0.6) is 0 Å². The van der Waals surface area contributed by atoms with E-state index in [1.165, 1.54) is 0 Å². The van der Waals surface area contributed by atoms with Crippen molar-refractivity contribution in [2.24, 2.45) is 5.92 Å². The molecular formula is C21H26N2O4. The van der Waals surface area contributed by atoms with Gasteiger partial charge in [-0.25, -0.2) is 0 Å².